The van der Waals surface area contributed by atoms with Gasteiger partial charge in [-0.25, -0.2) is 5.43 Å². The van der Waals surface area contributed by atoms with Gasteiger partial charge in [-0.3, -0.25) is 15.0 Å². The van der Waals surface area contributed by atoms with E-state index in [9.17, 15) is 9.59 Å². The van der Waals surface area contributed by atoms with Crippen molar-refractivity contribution in [1.29, 1.82) is 5.41 Å². The van der Waals surface area contributed by atoms with Gasteiger partial charge in [-0.15, -0.1) is 0 Å². The predicted molar refractivity (Wildman–Crippen MR) is 108 cm³/mol. The molecule has 28 heavy (non-hydrogen) atoms. The largest absolute Gasteiger partial charge is 0.369 e. The van der Waals surface area contributed by atoms with E-state index in [0.717, 1.165) is 16.5 Å². The molecule has 9 nitrogen and oxygen atoms in total. The van der Waals surface area contributed by atoms with Crippen LogP contribution in [-0.2, 0) is 0 Å². The Bertz CT molecular complexity index is 1100. The fourth-order valence-corrected chi connectivity index (χ4v) is 2.61. The summed E-state index contributed by atoms with van der Waals surface area (Å²) in [7, 11) is 0. The van der Waals surface area contributed by atoms with Gasteiger partial charge in [0, 0.05) is 22.2 Å². The highest BCUT2D eigenvalue weighted by atomic mass is 16.2. The van der Waals surface area contributed by atoms with Gasteiger partial charge in [0.25, 0.3) is 5.91 Å². The average Bonchev–Trinajstić information content (AvgIpc) is 3.10. The molecular weight excluding hydrogens is 358 g/mol. The van der Waals surface area contributed by atoms with Crippen LogP contribution >= 0.6 is 0 Å². The number of hydrogen-bond acceptors (Lipinski definition) is 4. The number of H-pyrrole nitrogens is 1. The normalized spacial score (nSPS) is 11.2. The molecule has 9 heteroatoms. The molecule has 0 aliphatic heterocycles. The van der Waals surface area contributed by atoms with E-state index in [1.165, 1.54) is 0 Å². The van der Waals surface area contributed by atoms with Crippen LogP contribution in [0.2, 0.25) is 0 Å². The van der Waals surface area contributed by atoms with Crippen molar-refractivity contribution in [3.05, 3.63) is 65.4 Å². The molecule has 0 spiro atoms. The number of rotatable bonds is 5. The zero-order valence-electron chi connectivity index (χ0n) is 15.0. The number of nitrogens with two attached hydrogens (primary N) is 2. The van der Waals surface area contributed by atoms with Crippen molar-refractivity contribution < 1.29 is 9.59 Å². The van der Waals surface area contributed by atoms with Crippen LogP contribution in [-0.4, -0.2) is 28.5 Å². The van der Waals surface area contributed by atoms with Gasteiger partial charge in [-0.1, -0.05) is 12.1 Å². The first-order valence-electron chi connectivity index (χ1n) is 8.32. The maximum atomic E-state index is 12.5. The van der Waals surface area contributed by atoms with E-state index in [4.69, 9.17) is 16.9 Å². The first kappa shape index (κ1) is 18.6. The minimum atomic E-state index is -0.522. The summed E-state index contributed by atoms with van der Waals surface area (Å²) >= 11 is 0. The molecule has 0 aliphatic rings. The van der Waals surface area contributed by atoms with Gasteiger partial charge in [0.1, 0.15) is 5.69 Å². The van der Waals surface area contributed by atoms with Crippen LogP contribution in [0.15, 0.2) is 53.6 Å². The zero-order chi connectivity index (χ0) is 20.3. The smallest absolute Gasteiger partial charge is 0.272 e. The van der Waals surface area contributed by atoms with Crippen molar-refractivity contribution in [2.24, 2.45) is 16.6 Å². The molecule has 0 unspecified atom stereocenters. The molecule has 0 atom stereocenters. The monoisotopic (exact) mass is 377 g/mol. The summed E-state index contributed by atoms with van der Waals surface area (Å²) in [5.74, 6) is -1.08. The molecule has 3 aromatic rings. The number of anilines is 1. The molecule has 0 radical (unpaired) electrons. The van der Waals surface area contributed by atoms with Crippen molar-refractivity contribution >= 4 is 40.1 Å². The van der Waals surface area contributed by atoms with Crippen LogP contribution in [0.25, 0.3) is 10.9 Å². The van der Waals surface area contributed by atoms with Crippen LogP contribution in [0.5, 0.6) is 0 Å². The Balaban J connectivity index is 1.74. The molecule has 0 saturated carbocycles. The highest BCUT2D eigenvalue weighted by Gasteiger charge is 2.11. The Morgan fingerprint density at radius 3 is 2.36 bits per heavy atom. The second-order valence-electron chi connectivity index (χ2n) is 6.10. The lowest BCUT2D eigenvalue weighted by molar-refractivity contribution is 0.0997. The Kier molecular flexibility index (Phi) is 5.07. The Labute approximate surface area is 160 Å². The van der Waals surface area contributed by atoms with Crippen molar-refractivity contribution in [2.45, 2.75) is 6.92 Å². The van der Waals surface area contributed by atoms with Crippen molar-refractivity contribution in [2.75, 3.05) is 5.32 Å². The van der Waals surface area contributed by atoms with Crippen LogP contribution < -0.4 is 22.2 Å². The van der Waals surface area contributed by atoms with Crippen LogP contribution in [0, 0.1) is 5.41 Å². The number of hydrogen-bond donors (Lipinski definition) is 6. The molecule has 3 rings (SSSR count). The molecule has 0 saturated heterocycles. The summed E-state index contributed by atoms with van der Waals surface area (Å²) in [6.07, 6.45) is 0. The summed E-state index contributed by atoms with van der Waals surface area (Å²) in [5.41, 5.74) is 16.4. The SMILES string of the molecule is C/C(=N\NC(=N)N)c1ccc(NC(=O)c2cc3cc(C(N)=O)ccc3[nH]2)cc1. The molecule has 1 aromatic heterocycles. The Hall–Kier alpha value is -4.14. The zero-order valence-corrected chi connectivity index (χ0v) is 15.0. The lowest BCUT2D eigenvalue weighted by Gasteiger charge is -2.06. The third-order valence-corrected chi connectivity index (χ3v) is 4.05. The van der Waals surface area contributed by atoms with Gasteiger partial charge in [-0.05, 0) is 48.9 Å². The maximum absolute atomic E-state index is 12.5. The van der Waals surface area contributed by atoms with Gasteiger partial charge in [0.2, 0.25) is 11.9 Å². The summed E-state index contributed by atoms with van der Waals surface area (Å²) in [4.78, 5) is 26.8. The topological polar surface area (TPSA) is 162 Å². The fourth-order valence-electron chi connectivity index (χ4n) is 2.61. The van der Waals surface area contributed by atoms with Crippen molar-refractivity contribution in [1.82, 2.24) is 10.4 Å². The van der Waals surface area contributed by atoms with E-state index >= 15 is 0 Å². The number of amides is 2. The summed E-state index contributed by atoms with van der Waals surface area (Å²) in [6.45, 7) is 1.77. The highest BCUT2D eigenvalue weighted by Crippen LogP contribution is 2.19. The second kappa shape index (κ2) is 7.62. The third-order valence-electron chi connectivity index (χ3n) is 4.05. The number of aromatic amines is 1. The standard InChI is InChI=1S/C19H19N7O2/c1-10(25-26-19(21)22)11-2-5-14(6-3-11)23-18(28)16-9-13-8-12(17(20)27)4-7-15(13)24-16/h2-9,24H,1H3,(H2,20,27)(H,23,28)(H4,21,22,26)/b25-10+. The van der Waals surface area contributed by atoms with E-state index in [-0.39, 0.29) is 11.9 Å². The molecular formula is C19H19N7O2. The van der Waals surface area contributed by atoms with Gasteiger partial charge in [0.05, 0.1) is 5.71 Å². The van der Waals surface area contributed by atoms with Crippen LogP contribution in [0.4, 0.5) is 5.69 Å². The number of carbonyl (C=O) groups is 2. The lowest BCUT2D eigenvalue weighted by atomic mass is 10.1. The summed E-state index contributed by atoms with van der Waals surface area (Å²) in [6, 6.07) is 13.7. The predicted octanol–water partition coefficient (Wildman–Crippen LogP) is 1.73. The molecule has 2 amide bonds. The first-order valence-corrected chi connectivity index (χ1v) is 8.32. The van der Waals surface area contributed by atoms with E-state index in [2.05, 4.69) is 20.8 Å². The molecule has 1 heterocycles. The van der Waals surface area contributed by atoms with E-state index in [1.54, 1.807) is 55.5 Å². The number of fused-ring (bicyclic) bond motifs is 1. The molecule has 8 N–H and O–H groups in total. The molecule has 142 valence electrons. The average molecular weight is 377 g/mol. The fraction of sp³-hybridized carbons (Fsp3) is 0.0526. The number of guanidine groups is 1. The van der Waals surface area contributed by atoms with Gasteiger partial charge in [-0.2, -0.15) is 5.10 Å². The summed E-state index contributed by atoms with van der Waals surface area (Å²) < 4.78 is 0. The van der Waals surface area contributed by atoms with Crippen LogP contribution in [0.3, 0.4) is 0 Å². The number of carbonyl (C=O) groups excluding carboxylic acids is 2. The van der Waals surface area contributed by atoms with Crippen molar-refractivity contribution in [3.63, 3.8) is 0 Å². The minimum absolute atomic E-state index is 0.246. The van der Waals surface area contributed by atoms with E-state index in [1.807, 2.05) is 0 Å². The number of benzene rings is 2. The molecule has 2 aromatic carbocycles. The quantitative estimate of drug-likeness (QED) is 0.227. The van der Waals surface area contributed by atoms with E-state index in [0.29, 0.717) is 22.7 Å². The van der Waals surface area contributed by atoms with Gasteiger partial charge in [0.15, 0.2) is 0 Å². The van der Waals surface area contributed by atoms with E-state index < -0.39 is 5.91 Å². The third kappa shape index (κ3) is 4.15. The molecule has 0 fully saturated rings. The van der Waals surface area contributed by atoms with Gasteiger partial charge < -0.3 is 21.8 Å². The number of hydrazone groups is 1. The second-order valence-corrected chi connectivity index (χ2v) is 6.10. The number of aromatic nitrogens is 1. The first-order chi connectivity index (χ1) is 13.3. The Morgan fingerprint density at radius 1 is 1.04 bits per heavy atom. The summed E-state index contributed by atoms with van der Waals surface area (Å²) in [5, 5.41) is 14.6. The van der Waals surface area contributed by atoms with Gasteiger partial charge >= 0.3 is 0 Å². The van der Waals surface area contributed by atoms with Crippen LogP contribution in [0.1, 0.15) is 33.3 Å². The maximum Gasteiger partial charge on any atom is 0.272 e. The highest BCUT2D eigenvalue weighted by molar-refractivity contribution is 6.07. The Morgan fingerprint density at radius 2 is 1.71 bits per heavy atom. The minimum Gasteiger partial charge on any atom is -0.369 e. The number of nitrogens with one attached hydrogen (secondary N) is 4. The molecule has 0 aliphatic carbocycles. The number of nitrogens with zero attached hydrogens (tertiary/aromatic N) is 1. The lowest BCUT2D eigenvalue weighted by Crippen LogP contribution is -2.26. The van der Waals surface area contributed by atoms with Crippen molar-refractivity contribution in [3.8, 4) is 0 Å². The molecule has 0 bridgehead atoms. The number of primary amides is 1.